The van der Waals surface area contributed by atoms with Gasteiger partial charge in [-0.15, -0.1) is 0 Å². The molecule has 1 N–H and O–H groups in total. The van der Waals surface area contributed by atoms with Gasteiger partial charge >= 0.3 is 0 Å². The molecule has 1 aliphatic rings. The summed E-state index contributed by atoms with van der Waals surface area (Å²) in [6.07, 6.45) is 2.17. The Balaban J connectivity index is 1.63. The fourth-order valence-electron chi connectivity index (χ4n) is 3.38. The van der Waals surface area contributed by atoms with Crippen molar-refractivity contribution in [2.75, 3.05) is 18.4 Å². The highest BCUT2D eigenvalue weighted by Crippen LogP contribution is 2.23. The minimum absolute atomic E-state index is 0.247. The van der Waals surface area contributed by atoms with Gasteiger partial charge in [0, 0.05) is 18.8 Å². The molecule has 1 unspecified atom stereocenters. The summed E-state index contributed by atoms with van der Waals surface area (Å²) >= 11 is 0. The first-order valence-corrected chi connectivity index (χ1v) is 11.4. The molecule has 6 nitrogen and oxygen atoms in total. The van der Waals surface area contributed by atoms with Crippen LogP contribution in [-0.4, -0.2) is 37.8 Å². The van der Waals surface area contributed by atoms with E-state index in [2.05, 4.69) is 5.32 Å². The van der Waals surface area contributed by atoms with E-state index in [0.717, 1.165) is 30.4 Å². The van der Waals surface area contributed by atoms with Crippen LogP contribution in [0.4, 0.5) is 5.69 Å². The van der Waals surface area contributed by atoms with Gasteiger partial charge in [0.2, 0.25) is 10.0 Å². The molecule has 3 rings (SSSR count). The van der Waals surface area contributed by atoms with Crippen LogP contribution in [0.2, 0.25) is 0 Å². The molecule has 1 fully saturated rings. The summed E-state index contributed by atoms with van der Waals surface area (Å²) in [5.74, 6) is 0.373. The predicted molar refractivity (Wildman–Crippen MR) is 114 cm³/mol. The van der Waals surface area contributed by atoms with Gasteiger partial charge < -0.3 is 10.1 Å². The summed E-state index contributed by atoms with van der Waals surface area (Å²) in [5.41, 5.74) is 2.63. The van der Waals surface area contributed by atoms with Crippen molar-refractivity contribution >= 4 is 21.6 Å². The molecule has 1 atom stereocenters. The Morgan fingerprint density at radius 2 is 1.69 bits per heavy atom. The second kappa shape index (κ2) is 8.97. The monoisotopic (exact) mass is 416 g/mol. The van der Waals surface area contributed by atoms with Crippen LogP contribution >= 0.6 is 0 Å². The number of anilines is 1. The highest BCUT2D eigenvalue weighted by molar-refractivity contribution is 7.89. The van der Waals surface area contributed by atoms with Crippen molar-refractivity contribution in [2.24, 2.45) is 0 Å². The molecule has 0 aliphatic carbocycles. The lowest BCUT2D eigenvalue weighted by Gasteiger charge is -2.25. The fraction of sp³-hybridized carbons (Fsp3) is 0.409. The topological polar surface area (TPSA) is 75.7 Å². The number of ether oxygens (including phenoxy) is 1. The smallest absolute Gasteiger partial charge is 0.265 e. The second-order valence-electron chi connectivity index (χ2n) is 7.51. The lowest BCUT2D eigenvalue weighted by Crippen LogP contribution is -2.35. The zero-order chi connectivity index (χ0) is 21.0. The Morgan fingerprint density at radius 1 is 1.03 bits per heavy atom. The van der Waals surface area contributed by atoms with E-state index in [4.69, 9.17) is 4.74 Å². The van der Waals surface area contributed by atoms with E-state index in [1.807, 2.05) is 32.0 Å². The highest BCUT2D eigenvalue weighted by Gasteiger charge is 2.26. The molecular weight excluding hydrogens is 388 g/mol. The van der Waals surface area contributed by atoms with Gasteiger partial charge in [0.1, 0.15) is 5.75 Å². The lowest BCUT2D eigenvalue weighted by molar-refractivity contribution is -0.122. The largest absolute Gasteiger partial charge is 0.481 e. The van der Waals surface area contributed by atoms with E-state index < -0.39 is 16.1 Å². The van der Waals surface area contributed by atoms with E-state index >= 15 is 0 Å². The van der Waals surface area contributed by atoms with Crippen molar-refractivity contribution in [1.82, 2.24) is 4.31 Å². The lowest BCUT2D eigenvalue weighted by atomic mass is 10.1. The van der Waals surface area contributed by atoms with Gasteiger partial charge in [0.05, 0.1) is 4.90 Å². The number of carbonyl (C=O) groups excluding carboxylic acids is 1. The standard InChI is InChI=1S/C22H28N2O4S/c1-16-7-12-21(17(2)15-16)28-18(3)22(25)23-19-8-10-20(11-9-19)29(26,27)24-13-5-4-6-14-24/h7-12,15,18H,4-6,13-14H2,1-3H3,(H,23,25). The van der Waals surface area contributed by atoms with E-state index in [9.17, 15) is 13.2 Å². The van der Waals surface area contributed by atoms with Gasteiger partial charge in [0.25, 0.3) is 5.91 Å². The summed E-state index contributed by atoms with van der Waals surface area (Å²) in [6.45, 7) is 6.75. The Hall–Kier alpha value is -2.38. The number of carbonyl (C=O) groups is 1. The molecule has 0 spiro atoms. The van der Waals surface area contributed by atoms with Crippen LogP contribution < -0.4 is 10.1 Å². The average Bonchev–Trinajstić information content (AvgIpc) is 2.71. The Labute approximate surface area is 172 Å². The van der Waals surface area contributed by atoms with Gasteiger partial charge in [-0.1, -0.05) is 24.1 Å². The Kier molecular flexibility index (Phi) is 6.59. The maximum absolute atomic E-state index is 12.7. The minimum atomic E-state index is -3.48. The summed E-state index contributed by atoms with van der Waals surface area (Å²) < 4.78 is 32.7. The van der Waals surface area contributed by atoms with Crippen LogP contribution in [0.15, 0.2) is 47.4 Å². The number of sulfonamides is 1. The number of piperidine rings is 1. The molecule has 1 amide bonds. The molecule has 0 saturated carbocycles. The van der Waals surface area contributed by atoms with Crippen molar-refractivity contribution in [3.05, 3.63) is 53.6 Å². The number of nitrogens with one attached hydrogen (secondary N) is 1. The molecule has 2 aromatic carbocycles. The van der Waals surface area contributed by atoms with Gasteiger partial charge in [0.15, 0.2) is 6.10 Å². The molecule has 0 aromatic heterocycles. The van der Waals surface area contributed by atoms with Crippen LogP contribution in [0.1, 0.15) is 37.3 Å². The quantitative estimate of drug-likeness (QED) is 0.775. The highest BCUT2D eigenvalue weighted by atomic mass is 32.2. The van der Waals surface area contributed by atoms with E-state index in [0.29, 0.717) is 24.5 Å². The maximum Gasteiger partial charge on any atom is 0.265 e. The number of hydrogen-bond donors (Lipinski definition) is 1. The Morgan fingerprint density at radius 3 is 2.31 bits per heavy atom. The summed E-state index contributed by atoms with van der Waals surface area (Å²) in [4.78, 5) is 12.7. The number of amides is 1. The second-order valence-corrected chi connectivity index (χ2v) is 9.45. The zero-order valence-electron chi connectivity index (χ0n) is 17.1. The van der Waals surface area contributed by atoms with Gasteiger partial charge in [-0.05, 0) is 69.5 Å². The first-order valence-electron chi connectivity index (χ1n) is 9.92. The molecule has 1 aliphatic heterocycles. The molecule has 156 valence electrons. The maximum atomic E-state index is 12.7. The minimum Gasteiger partial charge on any atom is -0.481 e. The molecule has 29 heavy (non-hydrogen) atoms. The Bertz CT molecular complexity index is 965. The number of rotatable bonds is 6. The number of benzene rings is 2. The van der Waals surface area contributed by atoms with Crippen molar-refractivity contribution < 1.29 is 17.9 Å². The van der Waals surface area contributed by atoms with Crippen molar-refractivity contribution in [1.29, 1.82) is 0 Å². The van der Waals surface area contributed by atoms with Crippen LogP contribution in [0.5, 0.6) is 5.75 Å². The molecule has 7 heteroatoms. The predicted octanol–water partition coefficient (Wildman–Crippen LogP) is 3.88. The van der Waals surface area contributed by atoms with Crippen LogP contribution in [0.3, 0.4) is 0 Å². The van der Waals surface area contributed by atoms with E-state index in [-0.39, 0.29) is 10.8 Å². The summed E-state index contributed by atoms with van der Waals surface area (Å²) in [7, 11) is -3.48. The molecular formula is C22H28N2O4S. The molecule has 1 saturated heterocycles. The molecule has 1 heterocycles. The zero-order valence-corrected chi connectivity index (χ0v) is 18.0. The van der Waals surface area contributed by atoms with Crippen LogP contribution in [-0.2, 0) is 14.8 Å². The summed E-state index contributed by atoms with van der Waals surface area (Å²) in [5, 5.41) is 2.78. The van der Waals surface area contributed by atoms with E-state index in [1.165, 1.54) is 16.4 Å². The third-order valence-corrected chi connectivity index (χ3v) is 6.99. The van der Waals surface area contributed by atoms with E-state index in [1.54, 1.807) is 19.1 Å². The average molecular weight is 417 g/mol. The van der Waals surface area contributed by atoms with Crippen molar-refractivity contribution in [3.8, 4) is 5.75 Å². The third kappa shape index (κ3) is 5.16. The van der Waals surface area contributed by atoms with Gasteiger partial charge in [-0.3, -0.25) is 4.79 Å². The van der Waals surface area contributed by atoms with Crippen molar-refractivity contribution in [2.45, 2.75) is 51.0 Å². The first-order chi connectivity index (χ1) is 13.8. The van der Waals surface area contributed by atoms with Crippen LogP contribution in [0.25, 0.3) is 0 Å². The van der Waals surface area contributed by atoms with Gasteiger partial charge in [-0.2, -0.15) is 4.31 Å². The molecule has 0 radical (unpaired) electrons. The SMILES string of the molecule is Cc1ccc(OC(C)C(=O)Nc2ccc(S(=O)(=O)N3CCCCC3)cc2)c(C)c1. The normalized spacial score (nSPS) is 16.2. The van der Waals surface area contributed by atoms with Crippen molar-refractivity contribution in [3.63, 3.8) is 0 Å². The van der Waals surface area contributed by atoms with Gasteiger partial charge in [-0.25, -0.2) is 8.42 Å². The molecule has 0 bridgehead atoms. The number of nitrogens with zero attached hydrogens (tertiary/aromatic N) is 1. The third-order valence-electron chi connectivity index (χ3n) is 5.08. The molecule has 2 aromatic rings. The number of hydrogen-bond acceptors (Lipinski definition) is 4. The number of aryl methyl sites for hydroxylation is 2. The fourth-order valence-corrected chi connectivity index (χ4v) is 4.90. The first kappa shape index (κ1) is 21.3. The summed E-state index contributed by atoms with van der Waals surface area (Å²) in [6, 6.07) is 12.1. The van der Waals surface area contributed by atoms with Crippen LogP contribution in [0, 0.1) is 13.8 Å².